The summed E-state index contributed by atoms with van der Waals surface area (Å²) in [4.78, 5) is 26.6. The van der Waals surface area contributed by atoms with Gasteiger partial charge in [0.25, 0.3) is 5.91 Å². The number of amides is 2. The van der Waals surface area contributed by atoms with Crippen LogP contribution in [0, 0.1) is 12.8 Å². The number of rotatable bonds is 3. The lowest BCUT2D eigenvalue weighted by molar-refractivity contribution is -0.134. The first kappa shape index (κ1) is 16.0. The highest BCUT2D eigenvalue weighted by molar-refractivity contribution is 9.10. The van der Waals surface area contributed by atoms with Crippen LogP contribution in [0.1, 0.15) is 32.8 Å². The maximum absolute atomic E-state index is 12.8. The monoisotopic (exact) mass is 352 g/mol. The number of piperazine rings is 1. The molecule has 5 heteroatoms. The Morgan fingerprint density at radius 3 is 2.62 bits per heavy atom. The summed E-state index contributed by atoms with van der Waals surface area (Å²) < 4.78 is 0.992. The van der Waals surface area contributed by atoms with Crippen LogP contribution in [-0.2, 0) is 9.59 Å². The number of benzene rings is 1. The SMILES string of the molecule is CCC(C)C1NC(=O)C(C)N(c2ccc(Br)c(C)c2)C1=O. The normalized spacial score (nSPS) is 24.0. The van der Waals surface area contributed by atoms with Crippen molar-refractivity contribution in [1.29, 1.82) is 0 Å². The van der Waals surface area contributed by atoms with Gasteiger partial charge in [0.1, 0.15) is 12.1 Å². The summed E-state index contributed by atoms with van der Waals surface area (Å²) in [5, 5.41) is 2.85. The molecular weight excluding hydrogens is 332 g/mol. The lowest BCUT2D eigenvalue weighted by Crippen LogP contribution is -2.64. The number of halogens is 1. The van der Waals surface area contributed by atoms with Crippen LogP contribution in [0.3, 0.4) is 0 Å². The first-order chi connectivity index (χ1) is 9.86. The highest BCUT2D eigenvalue weighted by Crippen LogP contribution is 2.28. The zero-order valence-electron chi connectivity index (χ0n) is 12.8. The van der Waals surface area contributed by atoms with E-state index in [0.29, 0.717) is 0 Å². The van der Waals surface area contributed by atoms with E-state index in [2.05, 4.69) is 21.2 Å². The smallest absolute Gasteiger partial charge is 0.250 e. The van der Waals surface area contributed by atoms with Gasteiger partial charge in [-0.05, 0) is 43.5 Å². The molecule has 4 nitrogen and oxygen atoms in total. The van der Waals surface area contributed by atoms with Crippen LogP contribution in [-0.4, -0.2) is 23.9 Å². The molecule has 1 aromatic carbocycles. The Hall–Kier alpha value is -1.36. The van der Waals surface area contributed by atoms with Crippen molar-refractivity contribution in [2.45, 2.75) is 46.2 Å². The van der Waals surface area contributed by atoms with E-state index in [1.165, 1.54) is 0 Å². The lowest BCUT2D eigenvalue weighted by Gasteiger charge is -2.39. The van der Waals surface area contributed by atoms with Crippen molar-refractivity contribution in [2.75, 3.05) is 4.90 Å². The number of hydrogen-bond donors (Lipinski definition) is 1. The van der Waals surface area contributed by atoms with Crippen LogP contribution >= 0.6 is 15.9 Å². The Balaban J connectivity index is 2.40. The molecule has 3 unspecified atom stereocenters. The molecule has 3 atom stereocenters. The van der Waals surface area contributed by atoms with E-state index in [-0.39, 0.29) is 17.7 Å². The van der Waals surface area contributed by atoms with Crippen LogP contribution in [0.5, 0.6) is 0 Å². The summed E-state index contributed by atoms with van der Waals surface area (Å²) in [6, 6.07) is 4.79. The first-order valence-corrected chi connectivity index (χ1v) is 8.05. The molecule has 1 saturated heterocycles. The van der Waals surface area contributed by atoms with Gasteiger partial charge in [-0.3, -0.25) is 14.5 Å². The van der Waals surface area contributed by atoms with E-state index in [1.54, 1.807) is 11.8 Å². The minimum Gasteiger partial charge on any atom is -0.342 e. The molecule has 1 aromatic rings. The zero-order chi connectivity index (χ0) is 15.7. The van der Waals surface area contributed by atoms with Crippen molar-refractivity contribution in [3.05, 3.63) is 28.2 Å². The summed E-state index contributed by atoms with van der Waals surface area (Å²) in [7, 11) is 0. The molecule has 2 rings (SSSR count). The third-order valence-corrected chi connectivity index (χ3v) is 5.09. The molecule has 0 radical (unpaired) electrons. The highest BCUT2D eigenvalue weighted by Gasteiger charge is 2.40. The lowest BCUT2D eigenvalue weighted by atomic mass is 9.94. The van der Waals surface area contributed by atoms with Crippen molar-refractivity contribution >= 4 is 33.4 Å². The van der Waals surface area contributed by atoms with Gasteiger partial charge in [0.2, 0.25) is 5.91 Å². The van der Waals surface area contributed by atoms with Crippen LogP contribution in [0.4, 0.5) is 5.69 Å². The fourth-order valence-corrected chi connectivity index (χ4v) is 2.79. The van der Waals surface area contributed by atoms with Crippen LogP contribution < -0.4 is 10.2 Å². The molecule has 0 saturated carbocycles. The van der Waals surface area contributed by atoms with Gasteiger partial charge in [-0.15, -0.1) is 0 Å². The molecule has 0 aromatic heterocycles. The molecule has 0 aliphatic carbocycles. The number of hydrogen-bond acceptors (Lipinski definition) is 2. The van der Waals surface area contributed by atoms with Crippen molar-refractivity contribution in [2.24, 2.45) is 5.92 Å². The Bertz CT molecular complexity index is 573. The van der Waals surface area contributed by atoms with Gasteiger partial charge in [-0.25, -0.2) is 0 Å². The Morgan fingerprint density at radius 2 is 2.05 bits per heavy atom. The number of carbonyl (C=O) groups is 2. The minimum atomic E-state index is -0.488. The Labute approximate surface area is 134 Å². The number of nitrogens with one attached hydrogen (secondary N) is 1. The maximum atomic E-state index is 12.8. The predicted molar refractivity (Wildman–Crippen MR) is 87.2 cm³/mol. The summed E-state index contributed by atoms with van der Waals surface area (Å²) in [6.45, 7) is 7.75. The van der Waals surface area contributed by atoms with Crippen LogP contribution in [0.2, 0.25) is 0 Å². The molecule has 1 fully saturated rings. The number of nitrogens with zero attached hydrogens (tertiary/aromatic N) is 1. The highest BCUT2D eigenvalue weighted by atomic mass is 79.9. The molecule has 1 N–H and O–H groups in total. The topological polar surface area (TPSA) is 49.4 Å². The average Bonchev–Trinajstić information content (AvgIpc) is 2.46. The van der Waals surface area contributed by atoms with E-state index < -0.39 is 12.1 Å². The van der Waals surface area contributed by atoms with Crippen molar-refractivity contribution in [1.82, 2.24) is 5.32 Å². The fourth-order valence-electron chi connectivity index (χ4n) is 2.54. The molecule has 114 valence electrons. The van der Waals surface area contributed by atoms with Gasteiger partial charge in [-0.2, -0.15) is 0 Å². The van der Waals surface area contributed by atoms with Gasteiger partial charge in [0, 0.05) is 10.2 Å². The second kappa shape index (κ2) is 6.18. The quantitative estimate of drug-likeness (QED) is 0.908. The second-order valence-corrected chi connectivity index (χ2v) is 6.54. The van der Waals surface area contributed by atoms with E-state index in [9.17, 15) is 9.59 Å². The summed E-state index contributed by atoms with van der Waals surface area (Å²) in [6.07, 6.45) is 0.846. The number of aryl methyl sites for hydroxylation is 1. The first-order valence-electron chi connectivity index (χ1n) is 7.26. The third-order valence-electron chi connectivity index (χ3n) is 4.20. The molecule has 0 bridgehead atoms. The predicted octanol–water partition coefficient (Wildman–Crippen LogP) is 3.02. The summed E-state index contributed by atoms with van der Waals surface area (Å²) >= 11 is 3.46. The summed E-state index contributed by atoms with van der Waals surface area (Å²) in [5.41, 5.74) is 1.81. The zero-order valence-corrected chi connectivity index (χ0v) is 14.4. The minimum absolute atomic E-state index is 0.0295. The second-order valence-electron chi connectivity index (χ2n) is 5.69. The number of anilines is 1. The van der Waals surface area contributed by atoms with Gasteiger partial charge in [0.15, 0.2) is 0 Å². The van der Waals surface area contributed by atoms with Crippen LogP contribution in [0.25, 0.3) is 0 Å². The molecule has 1 aliphatic rings. The van der Waals surface area contributed by atoms with Gasteiger partial charge < -0.3 is 5.32 Å². The molecule has 1 aliphatic heterocycles. The molecule has 1 heterocycles. The third kappa shape index (κ3) is 2.98. The molecule has 21 heavy (non-hydrogen) atoms. The van der Waals surface area contributed by atoms with Gasteiger partial charge in [0.05, 0.1) is 0 Å². The Morgan fingerprint density at radius 1 is 1.38 bits per heavy atom. The van der Waals surface area contributed by atoms with Crippen LogP contribution in [0.15, 0.2) is 22.7 Å². The fraction of sp³-hybridized carbons (Fsp3) is 0.500. The van der Waals surface area contributed by atoms with Gasteiger partial charge in [-0.1, -0.05) is 36.2 Å². The number of carbonyl (C=O) groups excluding carboxylic acids is 2. The largest absolute Gasteiger partial charge is 0.342 e. The molecule has 0 spiro atoms. The van der Waals surface area contributed by atoms with E-state index >= 15 is 0 Å². The standard InChI is InChI=1S/C16H21BrN2O2/c1-5-9(2)14-16(21)19(11(4)15(20)18-14)12-6-7-13(17)10(3)8-12/h6-9,11,14H,5H2,1-4H3,(H,18,20). The molecular formula is C16H21BrN2O2. The maximum Gasteiger partial charge on any atom is 0.250 e. The van der Waals surface area contributed by atoms with Crippen molar-refractivity contribution in [3.63, 3.8) is 0 Å². The average molecular weight is 353 g/mol. The molecule has 2 amide bonds. The summed E-state index contributed by atoms with van der Waals surface area (Å²) in [5.74, 6) is -0.00774. The van der Waals surface area contributed by atoms with E-state index in [0.717, 1.165) is 22.1 Å². The van der Waals surface area contributed by atoms with E-state index in [1.807, 2.05) is 39.0 Å². The van der Waals surface area contributed by atoms with E-state index in [4.69, 9.17) is 0 Å². The van der Waals surface area contributed by atoms with Crippen molar-refractivity contribution in [3.8, 4) is 0 Å². The Kier molecular flexibility index (Phi) is 4.71. The van der Waals surface area contributed by atoms with Crippen molar-refractivity contribution < 1.29 is 9.59 Å². The van der Waals surface area contributed by atoms with Gasteiger partial charge >= 0.3 is 0 Å².